The maximum Gasteiger partial charge on any atom is 0.0794 e. The van der Waals surface area contributed by atoms with Crippen LogP contribution >= 0.6 is 11.3 Å². The van der Waals surface area contributed by atoms with Gasteiger partial charge in [0.25, 0.3) is 0 Å². The molecule has 0 saturated heterocycles. The molecule has 2 nitrogen and oxygen atoms in total. The second-order valence-electron chi connectivity index (χ2n) is 2.88. The summed E-state index contributed by atoms with van der Waals surface area (Å²) in [6, 6.07) is 0. The summed E-state index contributed by atoms with van der Waals surface area (Å²) in [7, 11) is 0. The highest BCUT2D eigenvalue weighted by molar-refractivity contribution is 7.07. The first-order valence-electron chi connectivity index (χ1n) is 3.38. The van der Waals surface area contributed by atoms with Crippen molar-refractivity contribution in [3.8, 4) is 0 Å². The van der Waals surface area contributed by atoms with Crippen molar-refractivity contribution < 1.29 is 5.11 Å². The molecule has 0 atom stereocenters. The lowest BCUT2D eigenvalue weighted by atomic mass is 10.2. The summed E-state index contributed by atoms with van der Waals surface area (Å²) in [4.78, 5) is 4.10. The normalized spacial score (nSPS) is 20.9. The Morgan fingerprint density at radius 1 is 1.70 bits per heavy atom. The Balaban J connectivity index is 2.04. The van der Waals surface area contributed by atoms with Crippen molar-refractivity contribution in [1.82, 2.24) is 4.98 Å². The predicted molar refractivity (Wildman–Crippen MR) is 40.0 cm³/mol. The molecular weight excluding hydrogens is 146 g/mol. The third kappa shape index (κ3) is 1.20. The zero-order valence-corrected chi connectivity index (χ0v) is 6.40. The molecule has 0 bridgehead atoms. The van der Waals surface area contributed by atoms with E-state index in [2.05, 4.69) is 4.98 Å². The first kappa shape index (κ1) is 6.31. The zero-order chi connectivity index (χ0) is 7.03. The zero-order valence-electron chi connectivity index (χ0n) is 5.58. The molecule has 0 unspecified atom stereocenters. The minimum absolute atomic E-state index is 0.381. The molecule has 1 aliphatic carbocycles. The molecule has 3 heteroatoms. The summed E-state index contributed by atoms with van der Waals surface area (Å²) in [6.07, 6.45) is 2.64. The molecule has 0 aromatic carbocycles. The summed E-state index contributed by atoms with van der Waals surface area (Å²) < 4.78 is 0. The molecular formula is C7H9NOS. The molecule has 1 aliphatic rings. The molecule has 54 valence electrons. The van der Waals surface area contributed by atoms with Crippen LogP contribution in [0.1, 0.15) is 18.5 Å². The van der Waals surface area contributed by atoms with E-state index in [-0.39, 0.29) is 5.60 Å². The predicted octanol–water partition coefficient (Wildman–Crippen LogP) is 1.21. The lowest BCUT2D eigenvalue weighted by Crippen LogP contribution is -2.10. The first-order chi connectivity index (χ1) is 4.79. The van der Waals surface area contributed by atoms with E-state index in [1.165, 1.54) is 0 Å². The van der Waals surface area contributed by atoms with E-state index in [1.807, 2.05) is 5.38 Å². The monoisotopic (exact) mass is 155 g/mol. The van der Waals surface area contributed by atoms with Gasteiger partial charge in [-0.15, -0.1) is 11.3 Å². The van der Waals surface area contributed by atoms with Crippen molar-refractivity contribution in [3.05, 3.63) is 16.6 Å². The fourth-order valence-corrected chi connectivity index (χ4v) is 1.54. The van der Waals surface area contributed by atoms with Crippen LogP contribution in [0.4, 0.5) is 0 Å². The van der Waals surface area contributed by atoms with Gasteiger partial charge in [-0.3, -0.25) is 0 Å². The van der Waals surface area contributed by atoms with Gasteiger partial charge >= 0.3 is 0 Å². The van der Waals surface area contributed by atoms with Crippen LogP contribution in [0.3, 0.4) is 0 Å². The molecule has 0 spiro atoms. The molecule has 2 rings (SSSR count). The number of aliphatic hydroxyl groups is 1. The topological polar surface area (TPSA) is 33.1 Å². The average Bonchev–Trinajstić information content (AvgIpc) is 2.47. The van der Waals surface area contributed by atoms with Crippen LogP contribution in [0, 0.1) is 0 Å². The summed E-state index contributed by atoms with van der Waals surface area (Å²) >= 11 is 1.59. The van der Waals surface area contributed by atoms with E-state index in [1.54, 1.807) is 16.8 Å². The Morgan fingerprint density at radius 2 is 2.50 bits per heavy atom. The lowest BCUT2D eigenvalue weighted by Gasteiger charge is -2.01. The minimum atomic E-state index is -0.381. The Morgan fingerprint density at radius 3 is 3.00 bits per heavy atom. The van der Waals surface area contributed by atoms with Crippen LogP contribution < -0.4 is 0 Å². The lowest BCUT2D eigenvalue weighted by molar-refractivity contribution is 0.150. The van der Waals surface area contributed by atoms with E-state index in [0.717, 1.165) is 25.0 Å². The van der Waals surface area contributed by atoms with Crippen molar-refractivity contribution >= 4 is 11.3 Å². The van der Waals surface area contributed by atoms with Crippen molar-refractivity contribution in [1.29, 1.82) is 0 Å². The van der Waals surface area contributed by atoms with Gasteiger partial charge < -0.3 is 5.11 Å². The maximum absolute atomic E-state index is 9.47. The highest BCUT2D eigenvalue weighted by Crippen LogP contribution is 2.37. The quantitative estimate of drug-likeness (QED) is 0.696. The van der Waals surface area contributed by atoms with Crippen molar-refractivity contribution in [2.24, 2.45) is 0 Å². The Labute approximate surface area is 63.5 Å². The smallest absolute Gasteiger partial charge is 0.0794 e. The molecule has 1 heterocycles. The first-order valence-corrected chi connectivity index (χ1v) is 4.32. The maximum atomic E-state index is 9.47. The van der Waals surface area contributed by atoms with Crippen LogP contribution in [0.15, 0.2) is 10.9 Å². The molecule has 1 aromatic heterocycles. The van der Waals surface area contributed by atoms with Crippen LogP contribution in [-0.2, 0) is 6.42 Å². The van der Waals surface area contributed by atoms with Gasteiger partial charge in [-0.25, -0.2) is 4.98 Å². The number of nitrogens with zero attached hydrogens (tertiary/aromatic N) is 1. The Bertz CT molecular complexity index is 216. The summed E-state index contributed by atoms with van der Waals surface area (Å²) in [5.74, 6) is 0. The fourth-order valence-electron chi connectivity index (χ4n) is 0.983. The van der Waals surface area contributed by atoms with Crippen molar-refractivity contribution in [2.45, 2.75) is 24.9 Å². The van der Waals surface area contributed by atoms with Crippen molar-refractivity contribution in [2.75, 3.05) is 0 Å². The number of hydrogen-bond acceptors (Lipinski definition) is 3. The third-order valence-electron chi connectivity index (χ3n) is 1.82. The van der Waals surface area contributed by atoms with E-state index >= 15 is 0 Å². The van der Waals surface area contributed by atoms with Crippen LogP contribution in [0.2, 0.25) is 0 Å². The van der Waals surface area contributed by atoms with Gasteiger partial charge in [0, 0.05) is 11.8 Å². The van der Waals surface area contributed by atoms with Gasteiger partial charge in [-0.2, -0.15) is 0 Å². The van der Waals surface area contributed by atoms with E-state index in [4.69, 9.17) is 0 Å². The third-order valence-corrected chi connectivity index (χ3v) is 2.46. The van der Waals surface area contributed by atoms with Gasteiger partial charge in [-0.1, -0.05) is 0 Å². The minimum Gasteiger partial charge on any atom is -0.389 e. The van der Waals surface area contributed by atoms with Crippen LogP contribution in [-0.4, -0.2) is 15.7 Å². The second kappa shape index (κ2) is 2.04. The largest absolute Gasteiger partial charge is 0.389 e. The van der Waals surface area contributed by atoms with Crippen molar-refractivity contribution in [3.63, 3.8) is 0 Å². The SMILES string of the molecule is OC1(Cc2cscn2)CC1. The molecule has 0 amide bonds. The summed E-state index contributed by atoms with van der Waals surface area (Å²) in [5.41, 5.74) is 2.46. The Hall–Kier alpha value is -0.410. The van der Waals surface area contributed by atoms with Gasteiger partial charge in [0.05, 0.1) is 16.8 Å². The van der Waals surface area contributed by atoms with E-state index in [9.17, 15) is 5.11 Å². The highest BCUT2D eigenvalue weighted by Gasteiger charge is 2.40. The highest BCUT2D eigenvalue weighted by atomic mass is 32.1. The van der Waals surface area contributed by atoms with E-state index in [0.29, 0.717) is 0 Å². The summed E-state index contributed by atoms with van der Waals surface area (Å²) in [5, 5.41) is 11.5. The molecule has 0 aliphatic heterocycles. The van der Waals surface area contributed by atoms with Gasteiger partial charge in [0.15, 0.2) is 0 Å². The Kier molecular flexibility index (Phi) is 1.28. The summed E-state index contributed by atoms with van der Waals surface area (Å²) in [6.45, 7) is 0. The number of thiazole rings is 1. The molecule has 0 radical (unpaired) electrons. The van der Waals surface area contributed by atoms with Gasteiger partial charge in [-0.05, 0) is 12.8 Å². The average molecular weight is 155 g/mol. The fraction of sp³-hybridized carbons (Fsp3) is 0.571. The van der Waals surface area contributed by atoms with Gasteiger partial charge in [0.1, 0.15) is 0 Å². The molecule has 1 aromatic rings. The number of rotatable bonds is 2. The molecule has 10 heavy (non-hydrogen) atoms. The molecule has 1 saturated carbocycles. The van der Waals surface area contributed by atoms with E-state index < -0.39 is 0 Å². The molecule has 1 N–H and O–H groups in total. The standard InChI is InChI=1S/C7H9NOS/c9-7(1-2-7)3-6-4-10-5-8-6/h4-5,9H,1-3H2. The molecule has 1 fully saturated rings. The number of aromatic nitrogens is 1. The van der Waals surface area contributed by atoms with Crippen LogP contribution in [0.25, 0.3) is 0 Å². The van der Waals surface area contributed by atoms with Crippen LogP contribution in [0.5, 0.6) is 0 Å². The number of hydrogen-bond donors (Lipinski definition) is 1. The second-order valence-corrected chi connectivity index (χ2v) is 3.60. The van der Waals surface area contributed by atoms with Gasteiger partial charge in [0.2, 0.25) is 0 Å².